The van der Waals surface area contributed by atoms with Gasteiger partial charge in [-0.15, -0.1) is 0 Å². The first kappa shape index (κ1) is 19.7. The molecule has 1 aliphatic carbocycles. The average molecular weight is 355 g/mol. The minimum Gasteiger partial charge on any atom is -0.467 e. The number of piperidine rings is 1. The number of aliphatic hydroxyl groups is 1. The minimum atomic E-state index is -1.48. The molecule has 2 atom stereocenters. The summed E-state index contributed by atoms with van der Waals surface area (Å²) >= 11 is 0. The third kappa shape index (κ3) is 5.40. The summed E-state index contributed by atoms with van der Waals surface area (Å²) < 4.78 is 4.60. The highest BCUT2D eigenvalue weighted by molar-refractivity contribution is 5.95. The number of hydrogen-bond acceptors (Lipinski definition) is 6. The van der Waals surface area contributed by atoms with Crippen LogP contribution in [0.4, 0.5) is 4.79 Å². The molecule has 2 fully saturated rings. The first-order chi connectivity index (χ1) is 11.8. The summed E-state index contributed by atoms with van der Waals surface area (Å²) in [6.45, 7) is 2.95. The van der Waals surface area contributed by atoms with Gasteiger partial charge in [-0.2, -0.15) is 0 Å². The van der Waals surface area contributed by atoms with E-state index in [-0.39, 0.29) is 31.3 Å². The van der Waals surface area contributed by atoms with E-state index in [1.54, 1.807) is 0 Å². The molecule has 1 heterocycles. The summed E-state index contributed by atoms with van der Waals surface area (Å²) in [7, 11) is 1.24. The molecule has 3 N–H and O–H groups in total. The van der Waals surface area contributed by atoms with E-state index in [4.69, 9.17) is 0 Å². The lowest BCUT2D eigenvalue weighted by molar-refractivity contribution is -0.167. The first-order valence-corrected chi connectivity index (χ1v) is 8.97. The Balaban J connectivity index is 1.72. The van der Waals surface area contributed by atoms with E-state index in [9.17, 15) is 19.5 Å². The molecule has 0 radical (unpaired) electrons. The summed E-state index contributed by atoms with van der Waals surface area (Å²) in [5.41, 5.74) is -1.48. The molecule has 142 valence electrons. The van der Waals surface area contributed by atoms with Crippen LogP contribution >= 0.6 is 0 Å². The van der Waals surface area contributed by atoms with Crippen LogP contribution in [0.2, 0.25) is 0 Å². The number of amides is 3. The second-order valence-corrected chi connectivity index (χ2v) is 7.19. The summed E-state index contributed by atoms with van der Waals surface area (Å²) in [6.07, 6.45) is 4.74. The molecule has 3 amide bonds. The van der Waals surface area contributed by atoms with Gasteiger partial charge in [-0.25, -0.2) is 9.59 Å². The van der Waals surface area contributed by atoms with Crippen LogP contribution in [0.1, 0.15) is 45.4 Å². The van der Waals surface area contributed by atoms with E-state index in [1.807, 2.05) is 4.90 Å². The number of carbonyl (C=O) groups is 3. The Morgan fingerprint density at radius 3 is 2.44 bits per heavy atom. The molecule has 2 aliphatic rings. The largest absolute Gasteiger partial charge is 0.467 e. The van der Waals surface area contributed by atoms with Crippen LogP contribution in [-0.4, -0.2) is 66.3 Å². The fourth-order valence-corrected chi connectivity index (χ4v) is 3.58. The number of imide groups is 1. The molecule has 0 aromatic rings. The van der Waals surface area contributed by atoms with E-state index in [2.05, 4.69) is 22.3 Å². The second-order valence-electron chi connectivity index (χ2n) is 7.19. The molecule has 1 saturated heterocycles. The number of rotatable bonds is 4. The molecule has 8 heteroatoms. The van der Waals surface area contributed by atoms with Crippen molar-refractivity contribution in [3.8, 4) is 0 Å². The Labute approximate surface area is 148 Å². The van der Waals surface area contributed by atoms with Gasteiger partial charge < -0.3 is 15.2 Å². The van der Waals surface area contributed by atoms with Crippen LogP contribution in [-0.2, 0) is 14.3 Å². The number of nitrogens with zero attached hydrogens (tertiary/aromatic N) is 1. The van der Waals surface area contributed by atoms with Crippen molar-refractivity contribution in [1.82, 2.24) is 15.5 Å². The Kier molecular flexibility index (Phi) is 6.78. The highest BCUT2D eigenvalue weighted by atomic mass is 16.5. The standard InChI is InChI=1S/C17H29N3O5/c1-12-5-3-4-6-13(12)18-16(23)19-14(21)11-20-9-7-17(24,8-10-20)15(22)25-2/h12-13,24H,3-11H2,1-2H3,(H2,18,19,21,23). The van der Waals surface area contributed by atoms with E-state index in [0.29, 0.717) is 19.0 Å². The highest BCUT2D eigenvalue weighted by Crippen LogP contribution is 2.24. The summed E-state index contributed by atoms with van der Waals surface area (Å²) in [5, 5.41) is 15.4. The SMILES string of the molecule is COC(=O)C1(O)CCN(CC(=O)NC(=O)NC2CCCCC2C)CC1. The predicted octanol–water partition coefficient (Wildman–Crippen LogP) is 0.391. The van der Waals surface area contributed by atoms with Crippen molar-refractivity contribution >= 4 is 17.9 Å². The fourth-order valence-electron chi connectivity index (χ4n) is 3.58. The third-order valence-electron chi connectivity index (χ3n) is 5.30. The maximum atomic E-state index is 12.0. The van der Waals surface area contributed by atoms with Gasteiger partial charge in [-0.05, 0) is 31.6 Å². The van der Waals surface area contributed by atoms with Crippen molar-refractivity contribution in [3.63, 3.8) is 0 Å². The molecule has 2 rings (SSSR count). The highest BCUT2D eigenvalue weighted by Gasteiger charge is 2.40. The van der Waals surface area contributed by atoms with Gasteiger partial charge in [0.15, 0.2) is 5.60 Å². The number of methoxy groups -OCH3 is 1. The zero-order valence-corrected chi connectivity index (χ0v) is 15.0. The van der Waals surface area contributed by atoms with E-state index < -0.39 is 17.6 Å². The van der Waals surface area contributed by atoms with Crippen molar-refractivity contribution in [3.05, 3.63) is 0 Å². The molecule has 0 aromatic heterocycles. The molecule has 8 nitrogen and oxygen atoms in total. The van der Waals surface area contributed by atoms with Gasteiger partial charge in [-0.3, -0.25) is 15.0 Å². The predicted molar refractivity (Wildman–Crippen MR) is 90.7 cm³/mol. The van der Waals surface area contributed by atoms with Crippen molar-refractivity contribution in [1.29, 1.82) is 0 Å². The number of nitrogens with one attached hydrogen (secondary N) is 2. The Bertz CT molecular complexity index is 503. The number of likely N-dealkylation sites (tertiary alicyclic amines) is 1. The number of esters is 1. The van der Waals surface area contributed by atoms with Crippen molar-refractivity contribution in [2.45, 2.75) is 57.1 Å². The topological polar surface area (TPSA) is 108 Å². The number of urea groups is 1. The number of hydrogen-bond donors (Lipinski definition) is 3. The smallest absolute Gasteiger partial charge is 0.337 e. The van der Waals surface area contributed by atoms with E-state index in [1.165, 1.54) is 13.5 Å². The van der Waals surface area contributed by atoms with Gasteiger partial charge in [0.25, 0.3) is 0 Å². The molecular formula is C17H29N3O5. The average Bonchev–Trinajstić information content (AvgIpc) is 2.58. The zero-order valence-electron chi connectivity index (χ0n) is 15.0. The second kappa shape index (κ2) is 8.62. The molecular weight excluding hydrogens is 326 g/mol. The summed E-state index contributed by atoms with van der Waals surface area (Å²) in [5.74, 6) is -0.602. The molecule has 0 spiro atoms. The van der Waals surface area contributed by atoms with Crippen LogP contribution < -0.4 is 10.6 Å². The minimum absolute atomic E-state index is 0.0604. The molecule has 1 aliphatic heterocycles. The molecule has 1 saturated carbocycles. The van der Waals surface area contributed by atoms with Gasteiger partial charge in [0.05, 0.1) is 13.7 Å². The molecule has 2 unspecified atom stereocenters. The lowest BCUT2D eigenvalue weighted by Crippen LogP contribution is -2.53. The van der Waals surface area contributed by atoms with Gasteiger partial charge in [0, 0.05) is 19.1 Å². The quantitative estimate of drug-likeness (QED) is 0.630. The third-order valence-corrected chi connectivity index (χ3v) is 5.30. The van der Waals surface area contributed by atoms with E-state index in [0.717, 1.165) is 19.3 Å². The maximum Gasteiger partial charge on any atom is 0.337 e. The molecule has 0 aromatic carbocycles. The van der Waals surface area contributed by atoms with E-state index >= 15 is 0 Å². The summed E-state index contributed by atoms with van der Waals surface area (Å²) in [4.78, 5) is 37.4. The maximum absolute atomic E-state index is 12.0. The Morgan fingerprint density at radius 1 is 1.20 bits per heavy atom. The van der Waals surface area contributed by atoms with Crippen molar-refractivity contribution in [2.75, 3.05) is 26.7 Å². The zero-order chi connectivity index (χ0) is 18.4. The Morgan fingerprint density at radius 2 is 1.84 bits per heavy atom. The summed E-state index contributed by atoms with van der Waals surface area (Å²) in [6, 6.07) is -0.335. The lowest BCUT2D eigenvalue weighted by atomic mass is 9.86. The van der Waals surface area contributed by atoms with Crippen molar-refractivity contribution < 1.29 is 24.2 Å². The van der Waals surface area contributed by atoms with Gasteiger partial charge in [-0.1, -0.05) is 19.8 Å². The van der Waals surface area contributed by atoms with Crippen LogP contribution in [0.3, 0.4) is 0 Å². The normalized spacial score (nSPS) is 26.5. The monoisotopic (exact) mass is 355 g/mol. The van der Waals surface area contributed by atoms with Gasteiger partial charge in [0.1, 0.15) is 0 Å². The van der Waals surface area contributed by atoms with Gasteiger partial charge >= 0.3 is 12.0 Å². The first-order valence-electron chi connectivity index (χ1n) is 8.97. The Hall–Kier alpha value is -1.67. The number of carbonyl (C=O) groups excluding carboxylic acids is 3. The molecule has 0 bridgehead atoms. The molecule has 25 heavy (non-hydrogen) atoms. The fraction of sp³-hybridized carbons (Fsp3) is 0.824. The number of ether oxygens (including phenoxy) is 1. The van der Waals surface area contributed by atoms with Gasteiger partial charge in [0.2, 0.25) is 5.91 Å². The van der Waals surface area contributed by atoms with Crippen molar-refractivity contribution in [2.24, 2.45) is 5.92 Å². The van der Waals surface area contributed by atoms with Crippen LogP contribution in [0, 0.1) is 5.92 Å². The lowest BCUT2D eigenvalue weighted by Gasteiger charge is -2.35. The van der Waals surface area contributed by atoms with Crippen LogP contribution in [0.15, 0.2) is 0 Å². The van der Waals surface area contributed by atoms with Crippen LogP contribution in [0.5, 0.6) is 0 Å². The van der Waals surface area contributed by atoms with Crippen LogP contribution in [0.25, 0.3) is 0 Å².